The van der Waals surface area contributed by atoms with Crippen molar-refractivity contribution in [2.75, 3.05) is 20.6 Å². The molecule has 2 fully saturated rings. The van der Waals surface area contributed by atoms with Crippen LogP contribution in [0.5, 0.6) is 0 Å². The summed E-state index contributed by atoms with van der Waals surface area (Å²) < 4.78 is 3.88. The number of imidazole rings is 1. The van der Waals surface area contributed by atoms with E-state index >= 15 is 0 Å². The fourth-order valence-corrected chi connectivity index (χ4v) is 4.56. The lowest BCUT2D eigenvalue weighted by Crippen LogP contribution is -2.31. The Labute approximate surface area is 177 Å². The highest BCUT2D eigenvalue weighted by Gasteiger charge is 2.28. The molecule has 2 saturated carbocycles. The van der Waals surface area contributed by atoms with Crippen molar-refractivity contribution >= 4 is 22.8 Å². The van der Waals surface area contributed by atoms with Crippen LogP contribution in [0.2, 0.25) is 0 Å². The Morgan fingerprint density at radius 1 is 1.10 bits per heavy atom. The van der Waals surface area contributed by atoms with Gasteiger partial charge in [0, 0.05) is 45.2 Å². The molecule has 1 aromatic heterocycles. The van der Waals surface area contributed by atoms with Gasteiger partial charge in [-0.15, -0.1) is 0 Å². The van der Waals surface area contributed by atoms with Crippen molar-refractivity contribution < 1.29 is 9.59 Å². The highest BCUT2D eigenvalue weighted by Crippen LogP contribution is 2.34. The van der Waals surface area contributed by atoms with Gasteiger partial charge < -0.3 is 10.2 Å². The van der Waals surface area contributed by atoms with Gasteiger partial charge in [0.05, 0.1) is 11.0 Å². The fraction of sp³-hybridized carbons (Fsp3) is 0.609. The number of hydrogen-bond acceptors (Lipinski definition) is 3. The molecule has 0 bridgehead atoms. The van der Waals surface area contributed by atoms with Gasteiger partial charge in [0.2, 0.25) is 5.91 Å². The fourth-order valence-electron chi connectivity index (χ4n) is 4.56. The van der Waals surface area contributed by atoms with Gasteiger partial charge in [-0.3, -0.25) is 18.7 Å². The summed E-state index contributed by atoms with van der Waals surface area (Å²) in [5.74, 6) is 0.354. The molecular formula is C23H32N4O3. The van der Waals surface area contributed by atoms with Crippen molar-refractivity contribution in [2.45, 2.75) is 64.0 Å². The van der Waals surface area contributed by atoms with Crippen molar-refractivity contribution in [2.24, 2.45) is 5.92 Å². The third-order valence-corrected chi connectivity index (χ3v) is 6.59. The summed E-state index contributed by atoms with van der Waals surface area (Å²) in [6.07, 6.45) is 8.28. The number of benzene rings is 1. The standard InChI is InChI=1S/C23H32N4O3/c1-24-21(28)12-13-25(2)22(29)17-10-11-19-20(14-17)26(15-16-8-9-16)23(30)27(19)18-6-4-3-5-7-18/h10-11,14,16,18H,3-9,12-13,15H2,1-2H3,(H,24,28). The van der Waals surface area contributed by atoms with Crippen LogP contribution in [-0.2, 0) is 11.3 Å². The highest BCUT2D eigenvalue weighted by atomic mass is 16.2. The molecule has 0 atom stereocenters. The molecule has 1 N–H and O–H groups in total. The smallest absolute Gasteiger partial charge is 0.329 e. The van der Waals surface area contributed by atoms with Crippen LogP contribution in [0.3, 0.4) is 0 Å². The Morgan fingerprint density at radius 2 is 1.83 bits per heavy atom. The SMILES string of the molecule is CNC(=O)CCN(C)C(=O)c1ccc2c(c1)n(CC1CC1)c(=O)n2C1CCCCC1. The summed E-state index contributed by atoms with van der Waals surface area (Å²) in [4.78, 5) is 39.4. The lowest BCUT2D eigenvalue weighted by Gasteiger charge is -2.23. The van der Waals surface area contributed by atoms with E-state index in [0.717, 1.165) is 30.4 Å². The van der Waals surface area contributed by atoms with Crippen LogP contribution in [0.25, 0.3) is 11.0 Å². The van der Waals surface area contributed by atoms with Crippen LogP contribution in [0, 0.1) is 5.92 Å². The summed E-state index contributed by atoms with van der Waals surface area (Å²) in [5.41, 5.74) is 2.44. The van der Waals surface area contributed by atoms with Crippen LogP contribution < -0.4 is 11.0 Å². The van der Waals surface area contributed by atoms with E-state index in [0.29, 0.717) is 18.0 Å². The number of rotatable bonds is 7. The minimum atomic E-state index is -0.128. The Morgan fingerprint density at radius 3 is 2.50 bits per heavy atom. The predicted molar refractivity (Wildman–Crippen MR) is 117 cm³/mol. The first-order chi connectivity index (χ1) is 14.5. The van der Waals surface area contributed by atoms with E-state index in [4.69, 9.17) is 0 Å². The maximum atomic E-state index is 13.4. The van der Waals surface area contributed by atoms with Gasteiger partial charge in [0.1, 0.15) is 0 Å². The zero-order valence-corrected chi connectivity index (χ0v) is 18.0. The minimum Gasteiger partial charge on any atom is -0.359 e. The molecule has 1 heterocycles. The van der Waals surface area contributed by atoms with E-state index < -0.39 is 0 Å². The Balaban J connectivity index is 1.67. The van der Waals surface area contributed by atoms with Gasteiger partial charge in [0.15, 0.2) is 0 Å². The zero-order chi connectivity index (χ0) is 21.3. The van der Waals surface area contributed by atoms with Crippen molar-refractivity contribution in [3.8, 4) is 0 Å². The van der Waals surface area contributed by atoms with Crippen molar-refractivity contribution in [1.82, 2.24) is 19.4 Å². The number of carbonyl (C=O) groups excluding carboxylic acids is 2. The van der Waals surface area contributed by atoms with E-state index in [1.165, 1.54) is 32.1 Å². The first-order valence-corrected chi connectivity index (χ1v) is 11.2. The van der Waals surface area contributed by atoms with Crippen LogP contribution in [0.15, 0.2) is 23.0 Å². The largest absolute Gasteiger partial charge is 0.359 e. The number of carbonyl (C=O) groups is 2. The average molecular weight is 413 g/mol. The molecule has 7 nitrogen and oxygen atoms in total. The number of nitrogens with zero attached hydrogens (tertiary/aromatic N) is 3. The molecule has 0 aliphatic heterocycles. The van der Waals surface area contributed by atoms with Crippen molar-refractivity contribution in [3.63, 3.8) is 0 Å². The lowest BCUT2D eigenvalue weighted by atomic mass is 9.95. The summed E-state index contributed by atoms with van der Waals surface area (Å²) >= 11 is 0. The van der Waals surface area contributed by atoms with Crippen LogP contribution in [-0.4, -0.2) is 46.5 Å². The first kappa shape index (κ1) is 20.7. The molecule has 2 aliphatic rings. The minimum absolute atomic E-state index is 0.0707. The number of amides is 2. The van der Waals surface area contributed by atoms with Gasteiger partial charge in [-0.25, -0.2) is 4.79 Å². The van der Waals surface area contributed by atoms with Crippen LogP contribution >= 0.6 is 0 Å². The van der Waals surface area contributed by atoms with E-state index in [9.17, 15) is 14.4 Å². The Bertz CT molecular complexity index is 996. The molecule has 30 heavy (non-hydrogen) atoms. The molecule has 162 valence electrons. The summed E-state index contributed by atoms with van der Waals surface area (Å²) in [7, 11) is 3.30. The molecule has 0 spiro atoms. The lowest BCUT2D eigenvalue weighted by molar-refractivity contribution is -0.120. The quantitative estimate of drug-likeness (QED) is 0.760. The molecule has 2 aliphatic carbocycles. The van der Waals surface area contributed by atoms with Crippen molar-refractivity contribution in [1.29, 1.82) is 0 Å². The normalized spacial score (nSPS) is 17.3. The average Bonchev–Trinajstić information content (AvgIpc) is 3.55. The van der Waals surface area contributed by atoms with Gasteiger partial charge in [0.25, 0.3) is 5.91 Å². The maximum Gasteiger partial charge on any atom is 0.329 e. The molecule has 4 rings (SSSR count). The first-order valence-electron chi connectivity index (χ1n) is 11.2. The van der Waals surface area contributed by atoms with Crippen LogP contribution in [0.4, 0.5) is 0 Å². The maximum absolute atomic E-state index is 13.4. The summed E-state index contributed by atoms with van der Waals surface area (Å²) in [6.45, 7) is 1.09. The number of fused-ring (bicyclic) bond motifs is 1. The third-order valence-electron chi connectivity index (χ3n) is 6.59. The number of hydrogen-bond donors (Lipinski definition) is 1. The van der Waals surface area contributed by atoms with Crippen LogP contribution in [0.1, 0.15) is 67.8 Å². The van der Waals surface area contributed by atoms with E-state index in [-0.39, 0.29) is 30.0 Å². The second kappa shape index (κ2) is 8.66. The molecule has 0 radical (unpaired) electrons. The molecule has 0 saturated heterocycles. The molecule has 2 amide bonds. The van der Waals surface area contributed by atoms with Gasteiger partial charge >= 0.3 is 5.69 Å². The van der Waals surface area contributed by atoms with E-state index in [2.05, 4.69) is 5.32 Å². The third kappa shape index (κ3) is 4.16. The van der Waals surface area contributed by atoms with Gasteiger partial charge in [-0.2, -0.15) is 0 Å². The second-order valence-electron chi connectivity index (χ2n) is 8.85. The second-order valence-corrected chi connectivity index (χ2v) is 8.85. The van der Waals surface area contributed by atoms with Crippen molar-refractivity contribution in [3.05, 3.63) is 34.2 Å². The summed E-state index contributed by atoms with van der Waals surface area (Å²) in [5, 5.41) is 2.58. The van der Waals surface area contributed by atoms with Gasteiger partial charge in [-0.1, -0.05) is 19.3 Å². The topological polar surface area (TPSA) is 76.3 Å². The Kier molecular flexibility index (Phi) is 5.97. The number of nitrogens with one attached hydrogen (secondary N) is 1. The molecule has 0 unspecified atom stereocenters. The predicted octanol–water partition coefficient (Wildman–Crippen LogP) is 2.93. The molecule has 2 aromatic rings. The molecule has 1 aromatic carbocycles. The Hall–Kier alpha value is -2.57. The van der Waals surface area contributed by atoms with Gasteiger partial charge in [-0.05, 0) is 49.8 Å². The molecular weight excluding hydrogens is 380 g/mol. The monoisotopic (exact) mass is 412 g/mol. The highest BCUT2D eigenvalue weighted by molar-refractivity contribution is 5.97. The van der Waals surface area contributed by atoms with E-state index in [1.54, 1.807) is 19.0 Å². The molecule has 7 heteroatoms. The zero-order valence-electron chi connectivity index (χ0n) is 18.0. The summed E-state index contributed by atoms with van der Waals surface area (Å²) in [6, 6.07) is 5.89. The number of aromatic nitrogens is 2. The van der Waals surface area contributed by atoms with E-state index in [1.807, 2.05) is 27.3 Å².